The highest BCUT2D eigenvalue weighted by Crippen LogP contribution is 2.19. The van der Waals surface area contributed by atoms with Crippen LogP contribution in [0.2, 0.25) is 0 Å². The Bertz CT molecular complexity index is 871. The van der Waals surface area contributed by atoms with Crippen LogP contribution in [0.3, 0.4) is 0 Å². The number of methoxy groups -OCH3 is 1. The van der Waals surface area contributed by atoms with Crippen LogP contribution < -0.4 is 10.5 Å². The summed E-state index contributed by atoms with van der Waals surface area (Å²) in [6.45, 7) is 0.437. The predicted molar refractivity (Wildman–Crippen MR) is 102 cm³/mol. The molecule has 0 atom stereocenters. The third-order valence-corrected chi connectivity index (χ3v) is 4.07. The van der Waals surface area contributed by atoms with Crippen LogP contribution in [0.1, 0.15) is 27.0 Å². The minimum Gasteiger partial charge on any atom is -0.489 e. The summed E-state index contributed by atoms with van der Waals surface area (Å²) in [4.78, 5) is 11.4. The SMILES string of the molecule is COC(=O)c1ccc(COc2cccc(Cc3ccc(N)cc3)c2)cc1. The molecule has 3 rings (SSSR count). The van der Waals surface area contributed by atoms with Gasteiger partial charge in [0.25, 0.3) is 0 Å². The molecule has 0 unspecified atom stereocenters. The lowest BCUT2D eigenvalue weighted by atomic mass is 10.0. The van der Waals surface area contributed by atoms with E-state index in [0.29, 0.717) is 12.2 Å². The molecule has 3 aromatic carbocycles. The molecule has 3 aromatic rings. The fraction of sp³-hybridized carbons (Fsp3) is 0.136. The van der Waals surface area contributed by atoms with Crippen LogP contribution in [0.5, 0.6) is 5.75 Å². The van der Waals surface area contributed by atoms with Gasteiger partial charge in [-0.05, 0) is 59.5 Å². The molecule has 0 aliphatic heterocycles. The van der Waals surface area contributed by atoms with Crippen molar-refractivity contribution in [2.45, 2.75) is 13.0 Å². The number of anilines is 1. The number of carbonyl (C=O) groups is 1. The van der Waals surface area contributed by atoms with Crippen LogP contribution in [0.15, 0.2) is 72.8 Å². The highest BCUT2D eigenvalue weighted by Gasteiger charge is 2.05. The number of rotatable bonds is 6. The summed E-state index contributed by atoms with van der Waals surface area (Å²) >= 11 is 0. The summed E-state index contributed by atoms with van der Waals surface area (Å²) in [6, 6.07) is 23.1. The molecule has 0 spiro atoms. The van der Waals surface area contributed by atoms with Gasteiger partial charge < -0.3 is 15.2 Å². The molecule has 0 fully saturated rings. The fourth-order valence-electron chi connectivity index (χ4n) is 2.64. The van der Waals surface area contributed by atoms with E-state index >= 15 is 0 Å². The second-order valence-electron chi connectivity index (χ2n) is 6.04. The molecule has 0 amide bonds. The zero-order chi connectivity index (χ0) is 18.4. The first-order valence-corrected chi connectivity index (χ1v) is 8.37. The van der Waals surface area contributed by atoms with Gasteiger partial charge in [0.15, 0.2) is 0 Å². The smallest absolute Gasteiger partial charge is 0.337 e. The standard InChI is InChI=1S/C22H21NO3/c1-25-22(24)19-9-5-17(6-10-19)15-26-21-4-2-3-18(14-21)13-16-7-11-20(23)12-8-16/h2-12,14H,13,15,23H2,1H3. The summed E-state index contributed by atoms with van der Waals surface area (Å²) in [5, 5.41) is 0. The van der Waals surface area contributed by atoms with Crippen LogP contribution >= 0.6 is 0 Å². The van der Waals surface area contributed by atoms with Crippen molar-refractivity contribution in [3.63, 3.8) is 0 Å². The number of benzene rings is 3. The molecule has 0 aliphatic rings. The number of esters is 1. The average Bonchev–Trinajstić information content (AvgIpc) is 2.68. The quantitative estimate of drug-likeness (QED) is 0.535. The van der Waals surface area contributed by atoms with E-state index in [1.54, 1.807) is 12.1 Å². The maximum absolute atomic E-state index is 11.4. The first-order valence-electron chi connectivity index (χ1n) is 8.37. The second-order valence-corrected chi connectivity index (χ2v) is 6.04. The number of carbonyl (C=O) groups excluding carboxylic acids is 1. The average molecular weight is 347 g/mol. The van der Waals surface area contributed by atoms with E-state index < -0.39 is 0 Å². The molecule has 26 heavy (non-hydrogen) atoms. The molecule has 0 saturated carbocycles. The van der Waals surface area contributed by atoms with Crippen molar-refractivity contribution in [1.29, 1.82) is 0 Å². The first-order chi connectivity index (χ1) is 12.6. The number of nitrogens with two attached hydrogens (primary N) is 1. The fourth-order valence-corrected chi connectivity index (χ4v) is 2.64. The molecule has 4 nitrogen and oxygen atoms in total. The van der Waals surface area contributed by atoms with Gasteiger partial charge in [0.1, 0.15) is 12.4 Å². The molecule has 0 aromatic heterocycles. The lowest BCUT2D eigenvalue weighted by Crippen LogP contribution is -2.02. The zero-order valence-corrected chi connectivity index (χ0v) is 14.6. The Labute approximate surface area is 153 Å². The first kappa shape index (κ1) is 17.5. The van der Waals surface area contributed by atoms with E-state index in [9.17, 15) is 4.79 Å². The van der Waals surface area contributed by atoms with Crippen LogP contribution in [0.4, 0.5) is 5.69 Å². The maximum Gasteiger partial charge on any atom is 0.337 e. The highest BCUT2D eigenvalue weighted by molar-refractivity contribution is 5.89. The van der Waals surface area contributed by atoms with Crippen molar-refractivity contribution in [3.8, 4) is 5.75 Å². The van der Waals surface area contributed by atoms with Gasteiger partial charge in [-0.2, -0.15) is 0 Å². The summed E-state index contributed by atoms with van der Waals surface area (Å²) < 4.78 is 10.6. The molecule has 2 N–H and O–H groups in total. The zero-order valence-electron chi connectivity index (χ0n) is 14.6. The molecular weight excluding hydrogens is 326 g/mol. The van der Waals surface area contributed by atoms with Gasteiger partial charge in [-0.25, -0.2) is 4.79 Å². The topological polar surface area (TPSA) is 61.5 Å². The Morgan fingerprint density at radius 1 is 0.885 bits per heavy atom. The van der Waals surface area contributed by atoms with Crippen molar-refractivity contribution in [1.82, 2.24) is 0 Å². The van der Waals surface area contributed by atoms with Crippen molar-refractivity contribution < 1.29 is 14.3 Å². The number of hydrogen-bond acceptors (Lipinski definition) is 4. The van der Waals surface area contributed by atoms with E-state index in [1.165, 1.54) is 18.2 Å². The molecular formula is C22H21NO3. The summed E-state index contributed by atoms with van der Waals surface area (Å²) in [5.74, 6) is 0.475. The summed E-state index contributed by atoms with van der Waals surface area (Å²) in [7, 11) is 1.37. The monoisotopic (exact) mass is 347 g/mol. The normalized spacial score (nSPS) is 10.3. The minimum absolute atomic E-state index is 0.340. The van der Waals surface area contributed by atoms with Crippen molar-refractivity contribution in [3.05, 3.63) is 95.1 Å². The van der Waals surface area contributed by atoms with E-state index in [2.05, 4.69) is 6.07 Å². The number of hydrogen-bond donors (Lipinski definition) is 1. The molecule has 4 heteroatoms. The van der Waals surface area contributed by atoms with Gasteiger partial charge in [0, 0.05) is 5.69 Å². The van der Waals surface area contributed by atoms with Crippen molar-refractivity contribution >= 4 is 11.7 Å². The molecule has 0 radical (unpaired) electrons. The Balaban J connectivity index is 1.61. The largest absolute Gasteiger partial charge is 0.489 e. The number of nitrogen functional groups attached to an aromatic ring is 1. The third-order valence-electron chi connectivity index (χ3n) is 4.07. The van der Waals surface area contributed by atoms with Gasteiger partial charge in [0.05, 0.1) is 12.7 Å². The Hall–Kier alpha value is -3.27. The van der Waals surface area contributed by atoms with Gasteiger partial charge in [-0.1, -0.05) is 36.4 Å². The van der Waals surface area contributed by atoms with Crippen LogP contribution in [0.25, 0.3) is 0 Å². The Morgan fingerprint density at radius 3 is 2.27 bits per heavy atom. The lowest BCUT2D eigenvalue weighted by molar-refractivity contribution is 0.0600. The molecule has 0 heterocycles. The highest BCUT2D eigenvalue weighted by atomic mass is 16.5. The van der Waals surface area contributed by atoms with E-state index in [-0.39, 0.29) is 5.97 Å². The third kappa shape index (κ3) is 4.63. The van der Waals surface area contributed by atoms with E-state index in [0.717, 1.165) is 23.4 Å². The Morgan fingerprint density at radius 2 is 1.58 bits per heavy atom. The lowest BCUT2D eigenvalue weighted by Gasteiger charge is -2.09. The number of ether oxygens (including phenoxy) is 2. The van der Waals surface area contributed by atoms with E-state index in [1.807, 2.05) is 54.6 Å². The van der Waals surface area contributed by atoms with Gasteiger partial charge in [-0.3, -0.25) is 0 Å². The predicted octanol–water partition coefficient (Wildman–Crippen LogP) is 4.23. The van der Waals surface area contributed by atoms with Crippen LogP contribution in [-0.2, 0) is 17.8 Å². The van der Waals surface area contributed by atoms with Crippen molar-refractivity contribution in [2.75, 3.05) is 12.8 Å². The van der Waals surface area contributed by atoms with Crippen LogP contribution in [-0.4, -0.2) is 13.1 Å². The molecule has 0 aliphatic carbocycles. The maximum atomic E-state index is 11.4. The summed E-state index contributed by atoms with van der Waals surface area (Å²) in [5.41, 5.74) is 10.4. The molecule has 132 valence electrons. The summed E-state index contributed by atoms with van der Waals surface area (Å²) in [6.07, 6.45) is 0.825. The van der Waals surface area contributed by atoms with Gasteiger partial charge in [0.2, 0.25) is 0 Å². The minimum atomic E-state index is -0.340. The van der Waals surface area contributed by atoms with E-state index in [4.69, 9.17) is 15.2 Å². The van der Waals surface area contributed by atoms with Crippen molar-refractivity contribution in [2.24, 2.45) is 0 Å². The molecule has 0 bridgehead atoms. The molecule has 0 saturated heterocycles. The van der Waals surface area contributed by atoms with Gasteiger partial charge in [-0.15, -0.1) is 0 Å². The van der Waals surface area contributed by atoms with Crippen LogP contribution in [0, 0.1) is 0 Å². The second kappa shape index (κ2) is 8.21. The Kier molecular flexibility index (Phi) is 5.54. The van der Waals surface area contributed by atoms with Gasteiger partial charge >= 0.3 is 5.97 Å².